The number of nitrogens with zero attached hydrogens (tertiary/aromatic N) is 6. The Labute approximate surface area is 234 Å². The number of fused-ring (bicyclic) bond motifs is 2. The summed E-state index contributed by atoms with van der Waals surface area (Å²) in [7, 11) is -5.05. The van der Waals surface area contributed by atoms with Crippen LogP contribution in [0.1, 0.15) is 19.4 Å². The molecule has 6 rings (SSSR count). The maximum absolute atomic E-state index is 13.1. The molecular formula is C22H27N8O11P. The van der Waals surface area contributed by atoms with Gasteiger partial charge in [0.1, 0.15) is 53.9 Å². The molecule has 19 nitrogen and oxygen atoms in total. The van der Waals surface area contributed by atoms with Gasteiger partial charge in [-0.3, -0.25) is 18.4 Å². The van der Waals surface area contributed by atoms with Gasteiger partial charge < -0.3 is 50.1 Å². The number of phosphoric ester groups is 1. The smallest absolute Gasteiger partial charge is 0.394 e. The Kier molecular flexibility index (Phi) is 7.13. The van der Waals surface area contributed by atoms with E-state index in [1.54, 1.807) is 6.07 Å². The van der Waals surface area contributed by atoms with Crippen molar-refractivity contribution < 1.29 is 48.4 Å². The predicted molar refractivity (Wildman–Crippen MR) is 138 cm³/mol. The lowest BCUT2D eigenvalue weighted by molar-refractivity contribution is -0.117. The van der Waals surface area contributed by atoms with Crippen molar-refractivity contribution in [2.45, 2.75) is 55.5 Å². The quantitative estimate of drug-likeness (QED) is 0.105. The molecule has 0 saturated carbocycles. The van der Waals surface area contributed by atoms with Crippen molar-refractivity contribution in [1.29, 1.82) is 0 Å². The third kappa shape index (κ3) is 4.69. The van der Waals surface area contributed by atoms with E-state index < -0.39 is 75.2 Å². The highest BCUT2D eigenvalue weighted by Crippen LogP contribution is 2.51. The van der Waals surface area contributed by atoms with Crippen molar-refractivity contribution in [3.05, 3.63) is 41.6 Å². The fourth-order valence-electron chi connectivity index (χ4n) is 5.12. The predicted octanol–water partition coefficient (Wildman–Crippen LogP) is -2.09. The van der Waals surface area contributed by atoms with E-state index in [0.717, 1.165) is 6.33 Å². The number of hydrogen-bond donors (Lipinski definition) is 7. The van der Waals surface area contributed by atoms with Gasteiger partial charge in [0.25, 0.3) is 5.56 Å². The summed E-state index contributed by atoms with van der Waals surface area (Å²) in [6.07, 6.45) is -5.04. The maximum atomic E-state index is 13.1. The van der Waals surface area contributed by atoms with E-state index in [0.29, 0.717) is 11.0 Å². The minimum atomic E-state index is -5.05. The molecule has 0 amide bonds. The third-order valence-corrected chi connectivity index (χ3v) is 8.31. The second-order valence-electron chi connectivity index (χ2n) is 10.1. The summed E-state index contributed by atoms with van der Waals surface area (Å²) < 4.78 is 37.8. The summed E-state index contributed by atoms with van der Waals surface area (Å²) in [5, 5.41) is 42.5. The topological polar surface area (TPSA) is 275 Å². The Balaban J connectivity index is 1.21. The average Bonchev–Trinajstić information content (AvgIpc) is 3.70. The fourth-order valence-corrected chi connectivity index (χ4v) is 6.14. The molecule has 4 aromatic heterocycles. The second kappa shape index (κ2) is 10.4. The Morgan fingerprint density at radius 3 is 2.69 bits per heavy atom. The van der Waals surface area contributed by atoms with Crippen molar-refractivity contribution in [1.82, 2.24) is 34.1 Å². The highest BCUT2D eigenvalue weighted by Gasteiger charge is 2.54. The first-order valence-corrected chi connectivity index (χ1v) is 14.0. The zero-order chi connectivity index (χ0) is 30.0. The zero-order valence-corrected chi connectivity index (χ0v) is 22.6. The van der Waals surface area contributed by atoms with E-state index in [1.807, 2.05) is 0 Å². The van der Waals surface area contributed by atoms with Crippen LogP contribution in [0, 0.1) is 0 Å². The number of hydrogen-bond acceptors (Lipinski definition) is 15. The van der Waals surface area contributed by atoms with Crippen LogP contribution >= 0.6 is 7.82 Å². The number of ether oxygens (including phenoxy) is 2. The van der Waals surface area contributed by atoms with Crippen molar-refractivity contribution in [3.8, 4) is 0 Å². The van der Waals surface area contributed by atoms with Crippen LogP contribution in [-0.4, -0.2) is 109 Å². The van der Waals surface area contributed by atoms with Crippen LogP contribution in [0.2, 0.25) is 0 Å². The van der Waals surface area contributed by atoms with Crippen LogP contribution in [0.4, 0.5) is 5.82 Å². The van der Waals surface area contributed by atoms with Gasteiger partial charge in [0, 0.05) is 6.20 Å². The lowest BCUT2D eigenvalue weighted by Gasteiger charge is -2.29. The number of anilines is 1. The number of aromatic nitrogens is 7. The van der Waals surface area contributed by atoms with E-state index in [-0.39, 0.29) is 17.0 Å². The third-order valence-electron chi connectivity index (χ3n) is 7.35. The molecule has 2 aliphatic rings. The van der Waals surface area contributed by atoms with E-state index in [1.165, 1.54) is 34.9 Å². The number of rotatable bonds is 8. The van der Waals surface area contributed by atoms with Gasteiger partial charge in [-0.05, 0) is 13.0 Å². The van der Waals surface area contributed by atoms with E-state index >= 15 is 0 Å². The standard InChI is InChI=1S/C22H27N8O11P/c1-22(15(34)13(33)20(40-22)29-3-2-9-16(23)24-6-25-17(9)29)5-38-42(36,37)41-14-12(32)10(4-31)39-21(14)30-8-28-11-18(30)26-7-27-19(11)35/h2-3,6-8,10,12-15,20-21,31-34H,4-5H2,1H3,(H,36,37)(H2,23,24,25)(H,26,27,35)/t10-,12-,13-,14-,15+,20-,21-,22?/m1/s1. The molecule has 6 heterocycles. The molecule has 0 aromatic carbocycles. The molecule has 9 atom stereocenters. The number of imidazole rings is 1. The first-order chi connectivity index (χ1) is 19.9. The summed E-state index contributed by atoms with van der Waals surface area (Å²) in [4.78, 5) is 41.1. The van der Waals surface area contributed by atoms with E-state index in [4.69, 9.17) is 24.3 Å². The number of phosphoric acid groups is 1. The lowest BCUT2D eigenvalue weighted by Crippen LogP contribution is -2.44. The van der Waals surface area contributed by atoms with Crippen LogP contribution in [0.5, 0.6) is 0 Å². The molecule has 4 aromatic rings. The molecule has 0 bridgehead atoms. The van der Waals surface area contributed by atoms with Gasteiger partial charge >= 0.3 is 7.82 Å². The van der Waals surface area contributed by atoms with Crippen molar-refractivity contribution in [3.63, 3.8) is 0 Å². The van der Waals surface area contributed by atoms with Gasteiger partial charge in [-0.2, -0.15) is 0 Å². The highest BCUT2D eigenvalue weighted by molar-refractivity contribution is 7.47. The fraction of sp³-hybridized carbons (Fsp3) is 0.500. The van der Waals surface area contributed by atoms with Gasteiger partial charge in [0.2, 0.25) is 0 Å². The van der Waals surface area contributed by atoms with E-state index in [9.17, 15) is 34.7 Å². The molecule has 8 N–H and O–H groups in total. The van der Waals surface area contributed by atoms with Crippen molar-refractivity contribution >= 4 is 35.8 Å². The maximum Gasteiger partial charge on any atom is 0.472 e. The highest BCUT2D eigenvalue weighted by atomic mass is 31.2. The molecular weight excluding hydrogens is 583 g/mol. The summed E-state index contributed by atoms with van der Waals surface area (Å²) in [5.74, 6) is 0.197. The molecule has 2 unspecified atom stereocenters. The van der Waals surface area contributed by atoms with Crippen molar-refractivity contribution in [2.75, 3.05) is 18.9 Å². The van der Waals surface area contributed by atoms with Crippen LogP contribution in [-0.2, 0) is 23.1 Å². The van der Waals surface area contributed by atoms with Crippen LogP contribution in [0.25, 0.3) is 22.2 Å². The minimum Gasteiger partial charge on any atom is -0.394 e. The van der Waals surface area contributed by atoms with Gasteiger partial charge in [-0.15, -0.1) is 0 Å². The van der Waals surface area contributed by atoms with Crippen LogP contribution < -0.4 is 11.3 Å². The number of aromatic amines is 1. The largest absolute Gasteiger partial charge is 0.472 e. The van der Waals surface area contributed by atoms with Gasteiger partial charge in [-0.25, -0.2) is 24.5 Å². The minimum absolute atomic E-state index is 0.0245. The Morgan fingerprint density at radius 1 is 1.14 bits per heavy atom. The monoisotopic (exact) mass is 610 g/mol. The molecule has 2 fully saturated rings. The number of nitrogen functional groups attached to an aromatic ring is 1. The normalized spacial score (nSPS) is 33.0. The van der Waals surface area contributed by atoms with Gasteiger partial charge in [-0.1, -0.05) is 0 Å². The number of aliphatic hydroxyl groups excluding tert-OH is 4. The molecule has 0 spiro atoms. The van der Waals surface area contributed by atoms with Crippen LogP contribution in [0.3, 0.4) is 0 Å². The molecule has 0 aliphatic carbocycles. The molecule has 0 radical (unpaired) electrons. The molecule has 226 valence electrons. The zero-order valence-electron chi connectivity index (χ0n) is 21.7. The van der Waals surface area contributed by atoms with E-state index in [2.05, 4.69) is 24.9 Å². The first-order valence-electron chi connectivity index (χ1n) is 12.6. The summed E-state index contributed by atoms with van der Waals surface area (Å²) >= 11 is 0. The first kappa shape index (κ1) is 28.7. The molecule has 20 heteroatoms. The summed E-state index contributed by atoms with van der Waals surface area (Å²) in [6, 6.07) is 1.61. The molecule has 2 aliphatic heterocycles. The van der Waals surface area contributed by atoms with Gasteiger partial charge in [0.15, 0.2) is 23.6 Å². The SMILES string of the molecule is CC1(COP(=O)(O)O[C@@H]2[C@H](O)[C@@H](CO)O[C@H]2n2cnc3c(=O)[nH]cnc32)O[C@@H](n2ccc3c(N)ncnc32)[C@H](O)[C@@H]1O. The summed E-state index contributed by atoms with van der Waals surface area (Å²) in [5.41, 5.74) is 3.88. The van der Waals surface area contributed by atoms with Crippen LogP contribution in [0.15, 0.2) is 36.0 Å². The number of H-pyrrole nitrogens is 1. The summed E-state index contributed by atoms with van der Waals surface area (Å²) in [6.45, 7) is -0.0554. The second-order valence-corrected chi connectivity index (χ2v) is 11.5. The molecule has 2 saturated heterocycles. The van der Waals surface area contributed by atoms with Crippen molar-refractivity contribution in [2.24, 2.45) is 0 Å². The average molecular weight is 610 g/mol. The Bertz CT molecular complexity index is 1730. The number of aliphatic hydroxyl groups is 4. The lowest BCUT2D eigenvalue weighted by atomic mass is 9.99. The van der Waals surface area contributed by atoms with Gasteiger partial charge in [0.05, 0.1) is 31.3 Å². The number of nitrogens with two attached hydrogens (primary N) is 1. The Hall–Kier alpha value is -3.36. The Morgan fingerprint density at radius 2 is 1.93 bits per heavy atom. The molecule has 42 heavy (non-hydrogen) atoms. The number of nitrogens with one attached hydrogen (secondary N) is 1.